The van der Waals surface area contributed by atoms with Crippen molar-refractivity contribution in [1.82, 2.24) is 19.3 Å². The fraction of sp³-hybridized carbons (Fsp3) is 0.227. The summed E-state index contributed by atoms with van der Waals surface area (Å²) < 4.78 is 69.6. The van der Waals surface area contributed by atoms with Gasteiger partial charge in [-0.3, -0.25) is 4.79 Å². The summed E-state index contributed by atoms with van der Waals surface area (Å²) in [5, 5.41) is 15.6. The fourth-order valence-corrected chi connectivity index (χ4v) is 3.82. The molecule has 4 aromatic rings. The lowest BCUT2D eigenvalue weighted by Crippen LogP contribution is -2.43. The Morgan fingerprint density at radius 2 is 1.85 bits per heavy atom. The van der Waals surface area contributed by atoms with Gasteiger partial charge < -0.3 is 9.67 Å². The number of aromatic nitrogens is 4. The van der Waals surface area contributed by atoms with Crippen LogP contribution in [-0.4, -0.2) is 24.4 Å². The van der Waals surface area contributed by atoms with E-state index in [9.17, 15) is 31.9 Å². The molecule has 4 rings (SSSR count). The topological polar surface area (TPSA) is 72.9 Å². The van der Waals surface area contributed by atoms with E-state index in [1.807, 2.05) is 0 Å². The molecule has 33 heavy (non-hydrogen) atoms. The Morgan fingerprint density at radius 3 is 2.48 bits per heavy atom. The molecule has 0 fully saturated rings. The van der Waals surface area contributed by atoms with Crippen molar-refractivity contribution in [2.45, 2.75) is 31.3 Å². The van der Waals surface area contributed by atoms with Gasteiger partial charge in [0.15, 0.2) is 0 Å². The SMILES string of the molecule is C[C@@H](n1ccc2cc(C(F)(F)F)ccc2c1=O)[C@](O)(Cn1cncn1)c1ccc(F)cc1F. The first kappa shape index (κ1) is 22.6. The van der Waals surface area contributed by atoms with E-state index in [0.29, 0.717) is 6.07 Å². The highest BCUT2D eigenvalue weighted by Gasteiger charge is 2.41. The Kier molecular flexibility index (Phi) is 5.52. The maximum absolute atomic E-state index is 14.7. The lowest BCUT2D eigenvalue weighted by Gasteiger charge is -2.36. The van der Waals surface area contributed by atoms with E-state index in [4.69, 9.17) is 0 Å². The van der Waals surface area contributed by atoms with Gasteiger partial charge in [-0.2, -0.15) is 18.3 Å². The lowest BCUT2D eigenvalue weighted by atomic mass is 9.86. The second-order valence-electron chi connectivity index (χ2n) is 7.65. The van der Waals surface area contributed by atoms with Crippen LogP contribution in [-0.2, 0) is 18.3 Å². The minimum atomic E-state index is -4.57. The van der Waals surface area contributed by atoms with Crippen molar-refractivity contribution in [3.8, 4) is 0 Å². The molecule has 0 saturated carbocycles. The normalized spacial score (nSPS) is 14.9. The fourth-order valence-electron chi connectivity index (χ4n) is 3.82. The van der Waals surface area contributed by atoms with Crippen LogP contribution in [0.1, 0.15) is 24.1 Å². The Morgan fingerprint density at radius 1 is 1.09 bits per heavy atom. The van der Waals surface area contributed by atoms with Gasteiger partial charge in [0.25, 0.3) is 5.56 Å². The van der Waals surface area contributed by atoms with Crippen LogP contribution in [0.25, 0.3) is 10.8 Å². The zero-order chi connectivity index (χ0) is 24.0. The maximum atomic E-state index is 14.7. The van der Waals surface area contributed by atoms with Crippen molar-refractivity contribution >= 4 is 10.8 Å². The third-order valence-electron chi connectivity index (χ3n) is 5.63. The Hall–Kier alpha value is -3.60. The van der Waals surface area contributed by atoms with E-state index in [0.717, 1.165) is 34.9 Å². The number of alkyl halides is 3. The number of halogens is 5. The van der Waals surface area contributed by atoms with Crippen molar-refractivity contribution in [3.05, 3.63) is 94.4 Å². The molecule has 1 N–H and O–H groups in total. The van der Waals surface area contributed by atoms with Gasteiger partial charge in [-0.05, 0) is 42.6 Å². The van der Waals surface area contributed by atoms with Crippen LogP contribution < -0.4 is 5.56 Å². The minimum Gasteiger partial charge on any atom is -0.381 e. The number of nitrogens with zero attached hydrogens (tertiary/aromatic N) is 4. The smallest absolute Gasteiger partial charge is 0.381 e. The molecule has 2 aromatic heterocycles. The number of fused-ring (bicyclic) bond motifs is 1. The lowest BCUT2D eigenvalue weighted by molar-refractivity contribution is -0.137. The summed E-state index contributed by atoms with van der Waals surface area (Å²) in [6, 6.07) is 5.51. The number of benzene rings is 2. The predicted molar refractivity (Wildman–Crippen MR) is 108 cm³/mol. The first-order chi connectivity index (χ1) is 15.5. The zero-order valence-corrected chi connectivity index (χ0v) is 17.1. The maximum Gasteiger partial charge on any atom is 0.416 e. The molecular weight excluding hydrogens is 447 g/mol. The molecule has 0 saturated heterocycles. The van der Waals surface area contributed by atoms with Gasteiger partial charge in [0.05, 0.1) is 18.2 Å². The van der Waals surface area contributed by atoms with Gasteiger partial charge in [-0.1, -0.05) is 6.07 Å². The number of pyridine rings is 1. The Bertz CT molecular complexity index is 1370. The van der Waals surface area contributed by atoms with E-state index >= 15 is 0 Å². The van der Waals surface area contributed by atoms with Gasteiger partial charge in [0.2, 0.25) is 0 Å². The quantitative estimate of drug-likeness (QED) is 0.453. The highest BCUT2D eigenvalue weighted by atomic mass is 19.4. The molecule has 2 aromatic carbocycles. The molecule has 172 valence electrons. The number of hydrogen-bond acceptors (Lipinski definition) is 4. The molecule has 0 spiro atoms. The van der Waals surface area contributed by atoms with Crippen molar-refractivity contribution < 1.29 is 27.1 Å². The molecule has 0 bridgehead atoms. The minimum absolute atomic E-state index is 0.0139. The van der Waals surface area contributed by atoms with Crippen LogP contribution in [0.4, 0.5) is 22.0 Å². The molecule has 2 atom stereocenters. The molecule has 0 amide bonds. The van der Waals surface area contributed by atoms with E-state index < -0.39 is 40.6 Å². The molecular formula is C22H17F5N4O2. The second kappa shape index (κ2) is 8.07. The van der Waals surface area contributed by atoms with Gasteiger partial charge in [-0.25, -0.2) is 18.4 Å². The molecule has 0 aliphatic rings. The molecule has 0 radical (unpaired) electrons. The van der Waals surface area contributed by atoms with E-state index in [2.05, 4.69) is 10.1 Å². The first-order valence-electron chi connectivity index (χ1n) is 9.73. The monoisotopic (exact) mass is 464 g/mol. The number of rotatable bonds is 5. The standard InChI is InChI=1S/C22H17F5N4O2/c1-13(31-7-6-14-8-15(22(25,26)27)2-4-17(14)20(31)32)21(33,10-30-12-28-11-29-30)18-5-3-16(23)9-19(18)24/h2-9,11-13,33H,10H2,1H3/t13-,21-/m1/s1. The van der Waals surface area contributed by atoms with Crippen molar-refractivity contribution in [2.24, 2.45) is 0 Å². The molecule has 6 nitrogen and oxygen atoms in total. The van der Waals surface area contributed by atoms with Crippen LogP contribution in [0.15, 0.2) is 66.1 Å². The Balaban J connectivity index is 1.86. The molecule has 0 aliphatic heterocycles. The van der Waals surface area contributed by atoms with Gasteiger partial charge >= 0.3 is 6.18 Å². The number of aliphatic hydroxyl groups is 1. The first-order valence-corrected chi connectivity index (χ1v) is 9.73. The van der Waals surface area contributed by atoms with Crippen molar-refractivity contribution in [3.63, 3.8) is 0 Å². The Labute approximate surface area is 183 Å². The second-order valence-corrected chi connectivity index (χ2v) is 7.65. The molecule has 0 aliphatic carbocycles. The molecule has 2 heterocycles. The third kappa shape index (κ3) is 4.11. The number of hydrogen-bond donors (Lipinski definition) is 1. The third-order valence-corrected chi connectivity index (χ3v) is 5.63. The van der Waals surface area contributed by atoms with Crippen molar-refractivity contribution in [1.29, 1.82) is 0 Å². The molecule has 0 unspecified atom stereocenters. The van der Waals surface area contributed by atoms with Crippen molar-refractivity contribution in [2.75, 3.05) is 0 Å². The van der Waals surface area contributed by atoms with E-state index in [1.54, 1.807) is 0 Å². The summed E-state index contributed by atoms with van der Waals surface area (Å²) in [5.41, 5.74) is -3.98. The summed E-state index contributed by atoms with van der Waals surface area (Å²) in [7, 11) is 0. The zero-order valence-electron chi connectivity index (χ0n) is 17.1. The average Bonchev–Trinajstić information content (AvgIpc) is 3.25. The van der Waals surface area contributed by atoms with Crippen LogP contribution in [0, 0.1) is 11.6 Å². The van der Waals surface area contributed by atoms with Gasteiger partial charge in [0.1, 0.15) is 29.9 Å². The van der Waals surface area contributed by atoms with Crippen LogP contribution in [0.2, 0.25) is 0 Å². The predicted octanol–water partition coefficient (Wildman–Crippen LogP) is 4.04. The van der Waals surface area contributed by atoms with E-state index in [-0.39, 0.29) is 22.9 Å². The van der Waals surface area contributed by atoms with Gasteiger partial charge in [-0.15, -0.1) is 0 Å². The average molecular weight is 464 g/mol. The van der Waals surface area contributed by atoms with Crippen LogP contribution >= 0.6 is 0 Å². The van der Waals surface area contributed by atoms with Crippen LogP contribution in [0.3, 0.4) is 0 Å². The largest absolute Gasteiger partial charge is 0.416 e. The summed E-state index contributed by atoms with van der Waals surface area (Å²) in [6.45, 7) is 1.10. The summed E-state index contributed by atoms with van der Waals surface area (Å²) in [4.78, 5) is 16.9. The van der Waals surface area contributed by atoms with E-state index in [1.165, 1.54) is 36.5 Å². The van der Waals surface area contributed by atoms with Gasteiger partial charge in [0, 0.05) is 23.2 Å². The van der Waals surface area contributed by atoms with Crippen LogP contribution in [0.5, 0.6) is 0 Å². The summed E-state index contributed by atoms with van der Waals surface area (Å²) in [5.74, 6) is -1.89. The molecule has 11 heteroatoms. The highest BCUT2D eigenvalue weighted by molar-refractivity contribution is 5.82. The summed E-state index contributed by atoms with van der Waals surface area (Å²) in [6.07, 6.45) is -0.870. The summed E-state index contributed by atoms with van der Waals surface area (Å²) >= 11 is 0. The highest BCUT2D eigenvalue weighted by Crippen LogP contribution is 2.37.